The lowest BCUT2D eigenvalue weighted by atomic mass is 9.84. The van der Waals surface area contributed by atoms with Crippen molar-refractivity contribution in [1.29, 1.82) is 0 Å². The minimum atomic E-state index is 0.147. The van der Waals surface area contributed by atoms with Gasteiger partial charge in [-0.15, -0.1) is 0 Å². The van der Waals surface area contributed by atoms with Gasteiger partial charge in [0.15, 0.2) is 11.5 Å². The molecule has 0 aromatic heterocycles. The second-order valence-electron chi connectivity index (χ2n) is 6.83. The van der Waals surface area contributed by atoms with Crippen molar-refractivity contribution in [3.8, 4) is 17.2 Å². The van der Waals surface area contributed by atoms with E-state index >= 15 is 0 Å². The molecule has 4 heteroatoms. The molecule has 2 aromatic carbocycles. The van der Waals surface area contributed by atoms with Crippen molar-refractivity contribution in [3.63, 3.8) is 0 Å². The number of rotatable bonds is 5. The Balaban J connectivity index is 2.16. The first-order chi connectivity index (χ1) is 12.5. The maximum Gasteiger partial charge on any atom is 0.161 e. The number of hydrogen-bond donors (Lipinski definition) is 1. The van der Waals surface area contributed by atoms with Gasteiger partial charge in [-0.1, -0.05) is 0 Å². The molecule has 0 bridgehead atoms. The second kappa shape index (κ2) is 7.58. The summed E-state index contributed by atoms with van der Waals surface area (Å²) >= 11 is 0. The third kappa shape index (κ3) is 3.14. The molecular formula is C22H29NO3. The first kappa shape index (κ1) is 18.6. The Morgan fingerprint density at radius 2 is 1.69 bits per heavy atom. The number of benzene rings is 2. The number of nitrogens with one attached hydrogen (secondary N) is 1. The fourth-order valence-electron chi connectivity index (χ4n) is 3.97. The molecule has 26 heavy (non-hydrogen) atoms. The van der Waals surface area contributed by atoms with Crippen LogP contribution in [0.4, 0.5) is 0 Å². The van der Waals surface area contributed by atoms with Crippen LogP contribution in [-0.2, 0) is 6.42 Å². The smallest absolute Gasteiger partial charge is 0.161 e. The highest BCUT2D eigenvalue weighted by Crippen LogP contribution is 2.40. The normalized spacial score (nSPS) is 16.2. The summed E-state index contributed by atoms with van der Waals surface area (Å²) in [5.41, 5.74) is 7.64. The molecule has 1 heterocycles. The Labute approximate surface area is 156 Å². The van der Waals surface area contributed by atoms with Crippen LogP contribution in [0.5, 0.6) is 17.2 Å². The lowest BCUT2D eigenvalue weighted by molar-refractivity contribution is 0.309. The number of hydrogen-bond acceptors (Lipinski definition) is 4. The van der Waals surface area contributed by atoms with Crippen molar-refractivity contribution in [2.75, 3.05) is 27.4 Å². The number of ether oxygens (including phenoxy) is 3. The van der Waals surface area contributed by atoms with Crippen molar-refractivity contribution < 1.29 is 14.2 Å². The molecule has 2 aromatic rings. The maximum atomic E-state index is 5.83. The van der Waals surface area contributed by atoms with Crippen molar-refractivity contribution in [1.82, 2.24) is 5.32 Å². The summed E-state index contributed by atoms with van der Waals surface area (Å²) < 4.78 is 16.9. The van der Waals surface area contributed by atoms with Gasteiger partial charge in [0.25, 0.3) is 0 Å². The highest BCUT2D eigenvalue weighted by molar-refractivity contribution is 5.56. The maximum absolute atomic E-state index is 5.83. The van der Waals surface area contributed by atoms with E-state index in [-0.39, 0.29) is 6.04 Å². The van der Waals surface area contributed by atoms with E-state index in [4.69, 9.17) is 14.2 Å². The minimum Gasteiger partial charge on any atom is -0.496 e. The Morgan fingerprint density at radius 1 is 0.962 bits per heavy atom. The molecule has 1 aliphatic rings. The highest BCUT2D eigenvalue weighted by atomic mass is 16.5. The summed E-state index contributed by atoms with van der Waals surface area (Å²) in [4.78, 5) is 0. The first-order valence-corrected chi connectivity index (χ1v) is 9.23. The zero-order valence-electron chi connectivity index (χ0n) is 16.7. The number of methoxy groups -OCH3 is 2. The van der Waals surface area contributed by atoms with Crippen molar-refractivity contribution in [2.24, 2.45) is 0 Å². The van der Waals surface area contributed by atoms with Crippen LogP contribution in [0, 0.1) is 20.8 Å². The summed E-state index contributed by atoms with van der Waals surface area (Å²) in [7, 11) is 3.43. The van der Waals surface area contributed by atoms with Gasteiger partial charge >= 0.3 is 0 Å². The largest absolute Gasteiger partial charge is 0.496 e. The van der Waals surface area contributed by atoms with E-state index in [1.165, 1.54) is 33.4 Å². The molecule has 1 aliphatic heterocycles. The molecule has 4 nitrogen and oxygen atoms in total. The van der Waals surface area contributed by atoms with Crippen LogP contribution in [0.3, 0.4) is 0 Å². The zero-order valence-corrected chi connectivity index (χ0v) is 16.7. The van der Waals surface area contributed by atoms with E-state index in [0.717, 1.165) is 30.2 Å². The minimum absolute atomic E-state index is 0.147. The van der Waals surface area contributed by atoms with Crippen LogP contribution in [0.15, 0.2) is 18.2 Å². The van der Waals surface area contributed by atoms with Gasteiger partial charge in [0, 0.05) is 6.54 Å². The number of fused-ring (bicyclic) bond motifs is 1. The molecule has 0 saturated carbocycles. The van der Waals surface area contributed by atoms with E-state index < -0.39 is 0 Å². The van der Waals surface area contributed by atoms with Gasteiger partial charge in [-0.05, 0) is 85.7 Å². The fraction of sp³-hybridized carbons (Fsp3) is 0.455. The third-order valence-electron chi connectivity index (χ3n) is 5.40. The summed E-state index contributed by atoms with van der Waals surface area (Å²) in [6.07, 6.45) is 0.988. The molecule has 140 valence electrons. The van der Waals surface area contributed by atoms with E-state index in [1.54, 1.807) is 14.2 Å². The lowest BCUT2D eigenvalue weighted by Crippen LogP contribution is -2.32. The Hall–Kier alpha value is -2.20. The first-order valence-electron chi connectivity index (χ1n) is 9.23. The van der Waals surface area contributed by atoms with Crippen LogP contribution in [0.25, 0.3) is 0 Å². The van der Waals surface area contributed by atoms with Crippen LogP contribution in [-0.4, -0.2) is 27.4 Å². The molecule has 0 aliphatic carbocycles. The summed E-state index contributed by atoms with van der Waals surface area (Å²) in [5.74, 6) is 2.57. The molecule has 1 unspecified atom stereocenters. The molecule has 3 rings (SSSR count). The molecule has 1 N–H and O–H groups in total. The van der Waals surface area contributed by atoms with Gasteiger partial charge in [0.05, 0.1) is 26.9 Å². The standard InChI is InChI=1S/C22H29NO3/c1-7-26-20-12-17-16(11-19(20)25-6)8-9-23-22(17)21-13(2)10-18(24-5)14(3)15(21)4/h10-12,22-23H,7-9H2,1-6H3. The van der Waals surface area contributed by atoms with Crippen molar-refractivity contribution >= 4 is 0 Å². The van der Waals surface area contributed by atoms with Crippen LogP contribution < -0.4 is 19.5 Å². The molecular weight excluding hydrogens is 326 g/mol. The third-order valence-corrected chi connectivity index (χ3v) is 5.40. The second-order valence-corrected chi connectivity index (χ2v) is 6.83. The van der Waals surface area contributed by atoms with Crippen LogP contribution >= 0.6 is 0 Å². The van der Waals surface area contributed by atoms with Gasteiger partial charge in [-0.3, -0.25) is 0 Å². The van der Waals surface area contributed by atoms with Gasteiger partial charge in [0.2, 0.25) is 0 Å². The highest BCUT2D eigenvalue weighted by Gasteiger charge is 2.27. The number of aryl methyl sites for hydroxylation is 1. The lowest BCUT2D eigenvalue weighted by Gasteiger charge is -2.31. The summed E-state index contributed by atoms with van der Waals surface area (Å²) in [5, 5.41) is 3.71. The molecule has 0 spiro atoms. The topological polar surface area (TPSA) is 39.7 Å². The van der Waals surface area contributed by atoms with Crippen molar-refractivity contribution in [3.05, 3.63) is 51.6 Å². The summed E-state index contributed by atoms with van der Waals surface area (Å²) in [6.45, 7) is 10.0. The van der Waals surface area contributed by atoms with E-state index in [1.807, 2.05) is 6.92 Å². The predicted octanol–water partition coefficient (Wildman–Crippen LogP) is 4.26. The monoisotopic (exact) mass is 355 g/mol. The van der Waals surface area contributed by atoms with Gasteiger partial charge < -0.3 is 19.5 Å². The quantitative estimate of drug-likeness (QED) is 0.870. The molecule has 1 atom stereocenters. The van der Waals surface area contributed by atoms with Gasteiger partial charge in [0.1, 0.15) is 5.75 Å². The van der Waals surface area contributed by atoms with Gasteiger partial charge in [-0.2, -0.15) is 0 Å². The van der Waals surface area contributed by atoms with Crippen molar-refractivity contribution in [2.45, 2.75) is 40.2 Å². The summed E-state index contributed by atoms with van der Waals surface area (Å²) in [6, 6.07) is 6.57. The van der Waals surface area contributed by atoms with E-state index in [9.17, 15) is 0 Å². The SMILES string of the molecule is CCOc1cc2c(cc1OC)CCNC2c1c(C)cc(OC)c(C)c1C. The molecule has 0 fully saturated rings. The van der Waals surface area contributed by atoms with Gasteiger partial charge in [-0.25, -0.2) is 0 Å². The average Bonchev–Trinajstić information content (AvgIpc) is 2.64. The molecule has 0 amide bonds. The average molecular weight is 355 g/mol. The molecule has 0 radical (unpaired) electrons. The van der Waals surface area contributed by atoms with Crippen LogP contribution in [0.2, 0.25) is 0 Å². The predicted molar refractivity (Wildman–Crippen MR) is 105 cm³/mol. The van der Waals surface area contributed by atoms with Crippen LogP contribution in [0.1, 0.15) is 46.3 Å². The van der Waals surface area contributed by atoms with E-state index in [2.05, 4.69) is 44.3 Å². The Kier molecular flexibility index (Phi) is 5.42. The zero-order chi connectivity index (χ0) is 18.8. The fourth-order valence-corrected chi connectivity index (χ4v) is 3.97. The Bertz CT molecular complexity index is 814. The van der Waals surface area contributed by atoms with E-state index in [0.29, 0.717) is 6.61 Å². The molecule has 0 saturated heterocycles. The Morgan fingerprint density at radius 3 is 2.35 bits per heavy atom.